The highest BCUT2D eigenvalue weighted by molar-refractivity contribution is 5.69. The van der Waals surface area contributed by atoms with Crippen LogP contribution >= 0.6 is 0 Å². The highest BCUT2D eigenvalue weighted by Crippen LogP contribution is 2.23. The standard InChI is InChI=1S/C8H10N2.C2H6/c1-6-4-8-7(10-5-6)2-3-9-8;1-2/h2-3,5-6,9H,4H2,1H3;1-2H3. The van der Waals surface area contributed by atoms with Crippen LogP contribution < -0.4 is 0 Å². The molecule has 1 N–H and O–H groups in total. The van der Waals surface area contributed by atoms with Gasteiger partial charge in [-0.3, -0.25) is 4.99 Å². The van der Waals surface area contributed by atoms with Crippen LogP contribution in [0.4, 0.5) is 5.69 Å². The molecule has 0 bridgehead atoms. The van der Waals surface area contributed by atoms with E-state index in [1.54, 1.807) is 0 Å². The van der Waals surface area contributed by atoms with E-state index < -0.39 is 0 Å². The summed E-state index contributed by atoms with van der Waals surface area (Å²) in [5.41, 5.74) is 2.38. The lowest BCUT2D eigenvalue weighted by atomic mass is 10.0. The molecule has 0 radical (unpaired) electrons. The molecular weight excluding hydrogens is 148 g/mol. The summed E-state index contributed by atoms with van der Waals surface area (Å²) in [5, 5.41) is 0. The van der Waals surface area contributed by atoms with Gasteiger partial charge in [0.25, 0.3) is 0 Å². The molecule has 1 aliphatic rings. The third-order valence-electron chi connectivity index (χ3n) is 1.80. The molecule has 2 nitrogen and oxygen atoms in total. The van der Waals surface area contributed by atoms with Crippen LogP contribution in [0.15, 0.2) is 17.3 Å². The average molecular weight is 164 g/mol. The second kappa shape index (κ2) is 4.10. The van der Waals surface area contributed by atoms with Gasteiger partial charge < -0.3 is 4.98 Å². The van der Waals surface area contributed by atoms with Gasteiger partial charge in [0.15, 0.2) is 0 Å². The smallest absolute Gasteiger partial charge is 0.0832 e. The predicted octanol–water partition coefficient (Wildman–Crippen LogP) is 2.94. The number of hydrogen-bond donors (Lipinski definition) is 1. The van der Waals surface area contributed by atoms with Gasteiger partial charge in [-0.25, -0.2) is 0 Å². The van der Waals surface area contributed by atoms with Crippen molar-refractivity contribution < 1.29 is 0 Å². The lowest BCUT2D eigenvalue weighted by Crippen LogP contribution is -2.04. The van der Waals surface area contributed by atoms with Crippen molar-refractivity contribution in [3.05, 3.63) is 18.0 Å². The van der Waals surface area contributed by atoms with Crippen LogP contribution in [0, 0.1) is 5.92 Å². The van der Waals surface area contributed by atoms with Crippen LogP contribution in [0.3, 0.4) is 0 Å². The Balaban J connectivity index is 0.000000336. The number of aromatic nitrogens is 1. The molecule has 2 heteroatoms. The first-order chi connectivity index (χ1) is 5.86. The fourth-order valence-electron chi connectivity index (χ4n) is 1.26. The summed E-state index contributed by atoms with van der Waals surface area (Å²) < 4.78 is 0. The monoisotopic (exact) mass is 164 g/mol. The molecule has 0 fully saturated rings. The molecule has 1 aromatic heterocycles. The predicted molar refractivity (Wildman–Crippen MR) is 53.2 cm³/mol. The van der Waals surface area contributed by atoms with Crippen molar-refractivity contribution >= 4 is 11.9 Å². The highest BCUT2D eigenvalue weighted by atomic mass is 14.8. The van der Waals surface area contributed by atoms with Crippen molar-refractivity contribution in [2.75, 3.05) is 0 Å². The Kier molecular flexibility index (Phi) is 3.09. The minimum absolute atomic E-state index is 0.589. The zero-order valence-electron chi connectivity index (χ0n) is 7.96. The van der Waals surface area contributed by atoms with E-state index in [1.807, 2.05) is 32.3 Å². The van der Waals surface area contributed by atoms with Gasteiger partial charge in [0.1, 0.15) is 0 Å². The summed E-state index contributed by atoms with van der Waals surface area (Å²) in [6.07, 6.45) is 5.06. The van der Waals surface area contributed by atoms with Gasteiger partial charge in [0, 0.05) is 18.1 Å². The minimum atomic E-state index is 0.589. The van der Waals surface area contributed by atoms with E-state index in [4.69, 9.17) is 0 Å². The Labute approximate surface area is 73.7 Å². The topological polar surface area (TPSA) is 28.1 Å². The molecule has 0 amide bonds. The number of nitrogens with zero attached hydrogens (tertiary/aromatic N) is 1. The molecule has 1 aliphatic heterocycles. The van der Waals surface area contributed by atoms with Crippen molar-refractivity contribution in [3.8, 4) is 0 Å². The number of rotatable bonds is 0. The van der Waals surface area contributed by atoms with E-state index in [0.717, 1.165) is 12.1 Å². The summed E-state index contributed by atoms with van der Waals surface area (Å²) in [7, 11) is 0. The molecule has 1 aromatic rings. The molecular formula is C10H16N2. The summed E-state index contributed by atoms with van der Waals surface area (Å²) in [5.74, 6) is 0.589. The van der Waals surface area contributed by atoms with Gasteiger partial charge in [-0.1, -0.05) is 20.8 Å². The maximum absolute atomic E-state index is 4.28. The van der Waals surface area contributed by atoms with Crippen molar-refractivity contribution in [3.63, 3.8) is 0 Å². The molecule has 2 heterocycles. The van der Waals surface area contributed by atoms with Crippen LogP contribution in [0.5, 0.6) is 0 Å². The summed E-state index contributed by atoms with van der Waals surface area (Å²) in [6, 6.07) is 2.01. The first-order valence-electron chi connectivity index (χ1n) is 4.56. The summed E-state index contributed by atoms with van der Waals surface area (Å²) in [6.45, 7) is 6.17. The molecule has 12 heavy (non-hydrogen) atoms. The largest absolute Gasteiger partial charge is 0.363 e. The molecule has 2 rings (SSSR count). The number of aliphatic imine (C=N–C) groups is 1. The van der Waals surface area contributed by atoms with Crippen molar-refractivity contribution in [2.24, 2.45) is 10.9 Å². The quantitative estimate of drug-likeness (QED) is 0.610. The fourth-order valence-corrected chi connectivity index (χ4v) is 1.26. The Morgan fingerprint density at radius 3 is 3.00 bits per heavy atom. The lowest BCUT2D eigenvalue weighted by molar-refractivity contribution is 0.755. The Bertz CT molecular complexity index is 261. The molecule has 1 atom stereocenters. The Morgan fingerprint density at radius 2 is 2.25 bits per heavy atom. The molecule has 0 spiro atoms. The molecule has 66 valence electrons. The van der Waals surface area contributed by atoms with Crippen LogP contribution in [-0.2, 0) is 6.42 Å². The Morgan fingerprint density at radius 1 is 1.50 bits per heavy atom. The van der Waals surface area contributed by atoms with E-state index in [9.17, 15) is 0 Å². The van der Waals surface area contributed by atoms with Crippen LogP contribution in [0.1, 0.15) is 26.5 Å². The summed E-state index contributed by atoms with van der Waals surface area (Å²) >= 11 is 0. The second-order valence-electron chi connectivity index (χ2n) is 2.80. The number of H-pyrrole nitrogens is 1. The first-order valence-corrected chi connectivity index (χ1v) is 4.56. The molecule has 0 aliphatic carbocycles. The molecule has 0 saturated carbocycles. The summed E-state index contributed by atoms with van der Waals surface area (Å²) in [4.78, 5) is 7.45. The van der Waals surface area contributed by atoms with E-state index in [-0.39, 0.29) is 0 Å². The zero-order valence-corrected chi connectivity index (χ0v) is 7.96. The van der Waals surface area contributed by atoms with Gasteiger partial charge in [0.05, 0.1) is 5.69 Å². The van der Waals surface area contributed by atoms with E-state index in [0.29, 0.717) is 5.92 Å². The number of aromatic amines is 1. The van der Waals surface area contributed by atoms with Crippen molar-refractivity contribution in [1.29, 1.82) is 0 Å². The normalized spacial score (nSPS) is 19.4. The number of hydrogen-bond acceptors (Lipinski definition) is 1. The third kappa shape index (κ3) is 1.76. The second-order valence-corrected chi connectivity index (χ2v) is 2.80. The third-order valence-corrected chi connectivity index (χ3v) is 1.80. The maximum atomic E-state index is 4.28. The molecule has 1 unspecified atom stereocenters. The van der Waals surface area contributed by atoms with Gasteiger partial charge >= 0.3 is 0 Å². The lowest BCUT2D eigenvalue weighted by Gasteiger charge is -2.09. The fraction of sp³-hybridized carbons (Fsp3) is 0.500. The Hall–Kier alpha value is -1.05. The van der Waals surface area contributed by atoms with Crippen LogP contribution in [0.2, 0.25) is 0 Å². The number of nitrogens with one attached hydrogen (secondary N) is 1. The van der Waals surface area contributed by atoms with Crippen LogP contribution in [0.25, 0.3) is 0 Å². The van der Waals surface area contributed by atoms with Crippen molar-refractivity contribution in [1.82, 2.24) is 4.98 Å². The van der Waals surface area contributed by atoms with Gasteiger partial charge in [-0.2, -0.15) is 0 Å². The van der Waals surface area contributed by atoms with E-state index in [1.165, 1.54) is 5.69 Å². The SMILES string of the molecule is CC.CC1C=Nc2cc[nH]c2C1. The van der Waals surface area contributed by atoms with Gasteiger partial charge in [-0.05, 0) is 18.4 Å². The average Bonchev–Trinajstić information content (AvgIpc) is 2.54. The first kappa shape index (κ1) is 9.04. The van der Waals surface area contributed by atoms with Crippen molar-refractivity contribution in [2.45, 2.75) is 27.2 Å². The van der Waals surface area contributed by atoms with Gasteiger partial charge in [0.2, 0.25) is 0 Å². The van der Waals surface area contributed by atoms with E-state index in [2.05, 4.69) is 16.9 Å². The van der Waals surface area contributed by atoms with Gasteiger partial charge in [-0.15, -0.1) is 0 Å². The maximum Gasteiger partial charge on any atom is 0.0832 e. The number of fused-ring (bicyclic) bond motifs is 1. The van der Waals surface area contributed by atoms with Crippen LogP contribution in [-0.4, -0.2) is 11.2 Å². The highest BCUT2D eigenvalue weighted by Gasteiger charge is 2.10. The minimum Gasteiger partial charge on any atom is -0.363 e. The molecule has 0 saturated heterocycles. The molecule has 0 aromatic carbocycles. The van der Waals surface area contributed by atoms with E-state index >= 15 is 0 Å². The zero-order chi connectivity index (χ0) is 8.97.